The topological polar surface area (TPSA) is 63.2 Å². The number of sulfone groups is 1. The summed E-state index contributed by atoms with van der Waals surface area (Å²) in [5.41, 5.74) is 1.24. The average Bonchev–Trinajstić information content (AvgIpc) is 3.05. The first kappa shape index (κ1) is 12.7. The molecule has 19 heavy (non-hydrogen) atoms. The number of hydrogen-bond donors (Lipinski definition) is 1. The molecule has 1 saturated heterocycles. The molecule has 3 rings (SSSR count). The molecule has 1 aromatic rings. The van der Waals surface area contributed by atoms with Gasteiger partial charge in [0, 0.05) is 12.0 Å². The molecule has 3 atom stereocenters. The highest BCUT2D eigenvalue weighted by Gasteiger charge is 2.42. The quantitative estimate of drug-likeness (QED) is 0.901. The molecule has 1 aliphatic carbocycles. The summed E-state index contributed by atoms with van der Waals surface area (Å²) in [6, 6.07) is 10.3. The van der Waals surface area contributed by atoms with E-state index in [4.69, 9.17) is 0 Å². The summed E-state index contributed by atoms with van der Waals surface area (Å²) in [6.07, 6.45) is 1.42. The summed E-state index contributed by atoms with van der Waals surface area (Å²) >= 11 is 0. The second-order valence-corrected chi connectivity index (χ2v) is 7.70. The van der Waals surface area contributed by atoms with E-state index in [0.717, 1.165) is 6.42 Å². The molecule has 1 amide bonds. The van der Waals surface area contributed by atoms with E-state index in [1.54, 1.807) is 0 Å². The van der Waals surface area contributed by atoms with Crippen LogP contribution in [0.4, 0.5) is 0 Å². The number of benzene rings is 1. The Morgan fingerprint density at radius 1 is 1.21 bits per heavy atom. The molecule has 4 nitrogen and oxygen atoms in total. The minimum absolute atomic E-state index is 0.0154. The number of amides is 1. The Hall–Kier alpha value is -1.36. The van der Waals surface area contributed by atoms with Crippen LogP contribution < -0.4 is 5.32 Å². The molecule has 0 bridgehead atoms. The van der Waals surface area contributed by atoms with E-state index in [2.05, 4.69) is 17.4 Å². The van der Waals surface area contributed by atoms with Gasteiger partial charge < -0.3 is 5.32 Å². The molecule has 1 N–H and O–H groups in total. The van der Waals surface area contributed by atoms with Crippen LogP contribution >= 0.6 is 0 Å². The van der Waals surface area contributed by atoms with Gasteiger partial charge in [-0.15, -0.1) is 0 Å². The Kier molecular flexibility index (Phi) is 3.09. The summed E-state index contributed by atoms with van der Waals surface area (Å²) in [5, 5.41) is 2.98. The lowest BCUT2D eigenvalue weighted by atomic mass is 10.1. The molecule has 5 heteroatoms. The van der Waals surface area contributed by atoms with Gasteiger partial charge >= 0.3 is 0 Å². The van der Waals surface area contributed by atoms with Crippen molar-refractivity contribution in [3.63, 3.8) is 0 Å². The number of carbonyl (C=O) groups is 1. The molecule has 1 aliphatic heterocycles. The molecule has 0 spiro atoms. The van der Waals surface area contributed by atoms with Crippen LogP contribution in [0.15, 0.2) is 30.3 Å². The number of rotatable bonds is 3. The third-order valence-electron chi connectivity index (χ3n) is 3.95. The van der Waals surface area contributed by atoms with Gasteiger partial charge in [0.1, 0.15) is 0 Å². The second kappa shape index (κ2) is 4.63. The van der Waals surface area contributed by atoms with E-state index in [9.17, 15) is 13.2 Å². The Morgan fingerprint density at radius 3 is 2.58 bits per heavy atom. The summed E-state index contributed by atoms with van der Waals surface area (Å²) in [5.74, 6) is 0.120. The maximum Gasteiger partial charge on any atom is 0.224 e. The lowest BCUT2D eigenvalue weighted by Crippen LogP contribution is -2.33. The Balaban J connectivity index is 1.56. The Bertz CT molecular complexity index is 582. The smallest absolute Gasteiger partial charge is 0.224 e. The fraction of sp³-hybridized carbons (Fsp3) is 0.500. The van der Waals surface area contributed by atoms with Crippen LogP contribution in [-0.4, -0.2) is 31.9 Å². The zero-order valence-corrected chi connectivity index (χ0v) is 11.4. The first-order valence-electron chi connectivity index (χ1n) is 6.61. The lowest BCUT2D eigenvalue weighted by molar-refractivity contribution is -0.124. The van der Waals surface area contributed by atoms with Gasteiger partial charge in [-0.1, -0.05) is 30.3 Å². The van der Waals surface area contributed by atoms with Crippen molar-refractivity contribution in [3.05, 3.63) is 35.9 Å². The van der Waals surface area contributed by atoms with Gasteiger partial charge in [-0.2, -0.15) is 0 Å². The van der Waals surface area contributed by atoms with Gasteiger partial charge in [0.25, 0.3) is 0 Å². The molecule has 1 saturated carbocycles. The lowest BCUT2D eigenvalue weighted by Gasteiger charge is -2.09. The fourth-order valence-electron chi connectivity index (χ4n) is 2.73. The maximum absolute atomic E-state index is 12.0. The van der Waals surface area contributed by atoms with Crippen LogP contribution in [0, 0.1) is 5.92 Å². The zero-order chi connectivity index (χ0) is 13.5. The van der Waals surface area contributed by atoms with Gasteiger partial charge in [0.2, 0.25) is 5.91 Å². The van der Waals surface area contributed by atoms with Crippen LogP contribution in [-0.2, 0) is 14.6 Å². The molecule has 1 heterocycles. The normalized spacial score (nSPS) is 31.9. The van der Waals surface area contributed by atoms with Gasteiger partial charge in [0.15, 0.2) is 9.84 Å². The van der Waals surface area contributed by atoms with E-state index >= 15 is 0 Å². The van der Waals surface area contributed by atoms with Crippen molar-refractivity contribution in [1.29, 1.82) is 0 Å². The van der Waals surface area contributed by atoms with Crippen molar-refractivity contribution in [2.24, 2.45) is 5.92 Å². The van der Waals surface area contributed by atoms with Crippen LogP contribution in [0.2, 0.25) is 0 Å². The Morgan fingerprint density at radius 2 is 1.95 bits per heavy atom. The summed E-state index contributed by atoms with van der Waals surface area (Å²) in [6.45, 7) is 0. The van der Waals surface area contributed by atoms with Gasteiger partial charge in [-0.05, 0) is 18.4 Å². The monoisotopic (exact) mass is 279 g/mol. The SMILES string of the molecule is O=C(N[C@@H]1C[C@@H]1c1ccccc1)[C@@H]1CCS(=O)(=O)C1. The molecular weight excluding hydrogens is 262 g/mol. The van der Waals surface area contributed by atoms with Crippen LogP contribution in [0.5, 0.6) is 0 Å². The molecule has 2 fully saturated rings. The molecule has 1 aromatic carbocycles. The predicted molar refractivity (Wildman–Crippen MR) is 72.5 cm³/mol. The third kappa shape index (κ3) is 2.81. The van der Waals surface area contributed by atoms with Crippen LogP contribution in [0.1, 0.15) is 24.3 Å². The third-order valence-corrected chi connectivity index (χ3v) is 5.72. The van der Waals surface area contributed by atoms with Crippen molar-refractivity contribution in [3.8, 4) is 0 Å². The zero-order valence-electron chi connectivity index (χ0n) is 10.6. The maximum atomic E-state index is 12.0. The minimum Gasteiger partial charge on any atom is -0.352 e. The van der Waals surface area contributed by atoms with E-state index in [1.165, 1.54) is 5.56 Å². The van der Waals surface area contributed by atoms with E-state index in [0.29, 0.717) is 12.3 Å². The molecule has 0 aromatic heterocycles. The summed E-state index contributed by atoms with van der Waals surface area (Å²) in [4.78, 5) is 12.0. The highest BCUT2D eigenvalue weighted by molar-refractivity contribution is 7.91. The summed E-state index contributed by atoms with van der Waals surface area (Å²) < 4.78 is 22.7. The summed E-state index contributed by atoms with van der Waals surface area (Å²) in [7, 11) is -2.98. The van der Waals surface area contributed by atoms with Crippen molar-refractivity contribution < 1.29 is 13.2 Å². The number of nitrogens with one attached hydrogen (secondary N) is 1. The van der Waals surface area contributed by atoms with Crippen LogP contribution in [0.25, 0.3) is 0 Å². The second-order valence-electron chi connectivity index (χ2n) is 5.47. The number of carbonyl (C=O) groups excluding carboxylic acids is 1. The van der Waals surface area contributed by atoms with Crippen LogP contribution in [0.3, 0.4) is 0 Å². The van der Waals surface area contributed by atoms with E-state index < -0.39 is 9.84 Å². The fourth-order valence-corrected chi connectivity index (χ4v) is 4.47. The van der Waals surface area contributed by atoms with Crippen molar-refractivity contribution >= 4 is 15.7 Å². The predicted octanol–water partition coefficient (Wildman–Crippen LogP) is 1.09. The molecule has 0 radical (unpaired) electrons. The minimum atomic E-state index is -2.98. The van der Waals surface area contributed by atoms with Gasteiger partial charge in [-0.25, -0.2) is 8.42 Å². The van der Waals surface area contributed by atoms with E-state index in [1.807, 2.05) is 18.2 Å². The first-order chi connectivity index (χ1) is 9.05. The van der Waals surface area contributed by atoms with Gasteiger partial charge in [0.05, 0.1) is 17.4 Å². The van der Waals surface area contributed by atoms with Crippen molar-refractivity contribution in [1.82, 2.24) is 5.32 Å². The molecule has 102 valence electrons. The van der Waals surface area contributed by atoms with E-state index in [-0.39, 0.29) is 29.4 Å². The highest BCUT2D eigenvalue weighted by Crippen LogP contribution is 2.40. The largest absolute Gasteiger partial charge is 0.352 e. The highest BCUT2D eigenvalue weighted by atomic mass is 32.2. The average molecular weight is 279 g/mol. The standard InChI is InChI=1S/C14H17NO3S/c16-14(11-6-7-19(17,18)9-11)15-13-8-12(13)10-4-2-1-3-5-10/h1-5,11-13H,6-9H2,(H,15,16)/t11-,12-,13-/m1/s1. The molecular formula is C14H17NO3S. The van der Waals surface area contributed by atoms with Crippen molar-refractivity contribution in [2.75, 3.05) is 11.5 Å². The molecule has 2 aliphatic rings. The molecule has 0 unspecified atom stereocenters. The first-order valence-corrected chi connectivity index (χ1v) is 8.43. The van der Waals surface area contributed by atoms with Gasteiger partial charge in [-0.3, -0.25) is 4.79 Å². The number of hydrogen-bond acceptors (Lipinski definition) is 3. The Labute approximate surface area is 113 Å². The van der Waals surface area contributed by atoms with Crippen molar-refractivity contribution in [2.45, 2.75) is 24.8 Å².